The van der Waals surface area contributed by atoms with Gasteiger partial charge in [0.05, 0.1) is 37.3 Å². The SMILES string of the molecule is COC(=O)c1cccc(C(O)c2c(CC(C)C)nn3cc(OC)ccc23)n1. The molecule has 3 aromatic heterocycles. The Balaban J connectivity index is 2.12. The minimum absolute atomic E-state index is 0.151. The van der Waals surface area contributed by atoms with Crippen LogP contribution in [0.25, 0.3) is 5.52 Å². The Morgan fingerprint density at radius 1 is 1.22 bits per heavy atom. The third-order valence-corrected chi connectivity index (χ3v) is 4.27. The Bertz CT molecular complexity index is 965. The number of carbonyl (C=O) groups excluding carboxylic acids is 1. The first-order valence-electron chi connectivity index (χ1n) is 8.73. The molecule has 0 saturated heterocycles. The van der Waals surface area contributed by atoms with E-state index >= 15 is 0 Å². The lowest BCUT2D eigenvalue weighted by Crippen LogP contribution is -2.10. The van der Waals surface area contributed by atoms with Gasteiger partial charge in [0.15, 0.2) is 0 Å². The van der Waals surface area contributed by atoms with Gasteiger partial charge in [-0.15, -0.1) is 0 Å². The number of nitrogens with zero attached hydrogens (tertiary/aromatic N) is 3. The molecule has 1 unspecified atom stereocenters. The van der Waals surface area contributed by atoms with Gasteiger partial charge < -0.3 is 14.6 Å². The summed E-state index contributed by atoms with van der Waals surface area (Å²) in [6.07, 6.45) is 1.45. The molecule has 0 bridgehead atoms. The molecule has 1 atom stereocenters. The van der Waals surface area contributed by atoms with Crippen LogP contribution in [0.5, 0.6) is 5.75 Å². The maximum Gasteiger partial charge on any atom is 0.356 e. The fraction of sp³-hybridized carbons (Fsp3) is 0.350. The molecule has 1 N–H and O–H groups in total. The van der Waals surface area contributed by atoms with Crippen molar-refractivity contribution in [1.29, 1.82) is 0 Å². The number of aromatic nitrogens is 3. The van der Waals surface area contributed by atoms with Crippen molar-refractivity contribution < 1.29 is 19.4 Å². The number of esters is 1. The second-order valence-electron chi connectivity index (χ2n) is 6.70. The summed E-state index contributed by atoms with van der Waals surface area (Å²) in [5.41, 5.74) is 2.76. The Hall–Kier alpha value is -2.93. The van der Waals surface area contributed by atoms with Gasteiger partial charge in [-0.1, -0.05) is 19.9 Å². The van der Waals surface area contributed by atoms with E-state index in [1.54, 1.807) is 36.0 Å². The zero-order chi connectivity index (χ0) is 19.6. The largest absolute Gasteiger partial charge is 0.495 e. The van der Waals surface area contributed by atoms with Gasteiger partial charge in [0.1, 0.15) is 17.5 Å². The Kier molecular flexibility index (Phi) is 5.41. The number of methoxy groups -OCH3 is 2. The maximum absolute atomic E-state index is 11.8. The maximum atomic E-state index is 11.8. The highest BCUT2D eigenvalue weighted by Crippen LogP contribution is 2.30. The first-order valence-corrected chi connectivity index (χ1v) is 8.73. The van der Waals surface area contributed by atoms with Gasteiger partial charge in [0, 0.05) is 5.56 Å². The van der Waals surface area contributed by atoms with Crippen molar-refractivity contribution in [3.63, 3.8) is 0 Å². The quantitative estimate of drug-likeness (QED) is 0.673. The van der Waals surface area contributed by atoms with Gasteiger partial charge in [-0.2, -0.15) is 5.10 Å². The van der Waals surface area contributed by atoms with Crippen LogP contribution < -0.4 is 4.74 Å². The van der Waals surface area contributed by atoms with Crippen molar-refractivity contribution in [3.8, 4) is 5.75 Å². The van der Waals surface area contributed by atoms with Gasteiger partial charge in [-0.25, -0.2) is 14.3 Å². The van der Waals surface area contributed by atoms with Crippen molar-refractivity contribution in [2.75, 3.05) is 14.2 Å². The summed E-state index contributed by atoms with van der Waals surface area (Å²) in [7, 11) is 2.89. The van der Waals surface area contributed by atoms with Gasteiger partial charge in [0.2, 0.25) is 0 Å². The standard InChI is InChI=1S/C20H23N3O4/c1-12(2)10-16-18(17-9-8-13(26-3)11-23(17)22-16)19(24)14-6-5-7-15(21-14)20(25)27-4/h5-9,11-12,19,24H,10H2,1-4H3. The Labute approximate surface area is 157 Å². The lowest BCUT2D eigenvalue weighted by molar-refractivity contribution is 0.0593. The van der Waals surface area contributed by atoms with Crippen molar-refractivity contribution in [3.05, 3.63) is 59.2 Å². The van der Waals surface area contributed by atoms with Crippen molar-refractivity contribution in [2.24, 2.45) is 5.92 Å². The summed E-state index contributed by atoms with van der Waals surface area (Å²) >= 11 is 0. The van der Waals surface area contributed by atoms with Crippen molar-refractivity contribution >= 4 is 11.5 Å². The summed E-state index contributed by atoms with van der Waals surface area (Å²) < 4.78 is 11.7. The minimum Gasteiger partial charge on any atom is -0.495 e. The molecule has 142 valence electrons. The van der Waals surface area contributed by atoms with Crippen LogP contribution in [-0.2, 0) is 11.2 Å². The first kappa shape index (κ1) is 18.8. The second kappa shape index (κ2) is 7.75. The van der Waals surface area contributed by atoms with E-state index < -0.39 is 12.1 Å². The molecule has 3 heterocycles. The minimum atomic E-state index is -1.02. The van der Waals surface area contributed by atoms with E-state index in [1.165, 1.54) is 7.11 Å². The van der Waals surface area contributed by atoms with Crippen LogP contribution >= 0.6 is 0 Å². The molecule has 0 aromatic carbocycles. The van der Waals surface area contributed by atoms with Crippen LogP contribution in [0.2, 0.25) is 0 Å². The molecule has 0 amide bonds. The molecule has 0 aliphatic rings. The number of pyridine rings is 2. The van der Waals surface area contributed by atoms with Crippen LogP contribution in [0.4, 0.5) is 0 Å². The summed E-state index contributed by atoms with van der Waals surface area (Å²) in [6.45, 7) is 4.19. The number of carbonyl (C=O) groups is 1. The Morgan fingerprint density at radius 2 is 2.00 bits per heavy atom. The summed E-state index contributed by atoms with van der Waals surface area (Å²) in [6, 6.07) is 8.60. The molecule has 0 radical (unpaired) electrons. The van der Waals surface area contributed by atoms with E-state index in [4.69, 9.17) is 9.47 Å². The fourth-order valence-electron chi connectivity index (χ4n) is 3.02. The molecule has 0 fully saturated rings. The summed E-state index contributed by atoms with van der Waals surface area (Å²) in [4.78, 5) is 16.0. The molecular formula is C20H23N3O4. The highest BCUT2D eigenvalue weighted by molar-refractivity contribution is 5.87. The van der Waals surface area contributed by atoms with E-state index in [0.29, 0.717) is 29.3 Å². The number of ether oxygens (including phenoxy) is 2. The zero-order valence-corrected chi connectivity index (χ0v) is 15.8. The average Bonchev–Trinajstić information content (AvgIpc) is 3.02. The molecule has 27 heavy (non-hydrogen) atoms. The van der Waals surface area contributed by atoms with Gasteiger partial charge in [-0.3, -0.25) is 0 Å². The molecular weight excluding hydrogens is 346 g/mol. The fourth-order valence-corrected chi connectivity index (χ4v) is 3.02. The molecule has 0 saturated carbocycles. The van der Waals surface area contributed by atoms with Crippen LogP contribution in [0.1, 0.15) is 47.4 Å². The predicted octanol–water partition coefficient (Wildman–Crippen LogP) is 2.80. The molecule has 7 heteroatoms. The number of fused-ring (bicyclic) bond motifs is 1. The smallest absolute Gasteiger partial charge is 0.356 e. The molecule has 7 nitrogen and oxygen atoms in total. The van der Waals surface area contributed by atoms with E-state index in [1.807, 2.05) is 12.1 Å². The first-order chi connectivity index (χ1) is 12.9. The van der Waals surface area contributed by atoms with Crippen molar-refractivity contribution in [1.82, 2.24) is 14.6 Å². The van der Waals surface area contributed by atoms with E-state index in [9.17, 15) is 9.90 Å². The van der Waals surface area contributed by atoms with Gasteiger partial charge in [0.25, 0.3) is 0 Å². The van der Waals surface area contributed by atoms with E-state index in [0.717, 1.165) is 11.2 Å². The lowest BCUT2D eigenvalue weighted by Gasteiger charge is -2.13. The monoisotopic (exact) mass is 369 g/mol. The van der Waals surface area contributed by atoms with E-state index in [2.05, 4.69) is 23.9 Å². The number of aliphatic hydroxyl groups excluding tert-OH is 1. The molecule has 3 rings (SSSR count). The third-order valence-electron chi connectivity index (χ3n) is 4.27. The van der Waals surface area contributed by atoms with E-state index in [-0.39, 0.29) is 5.69 Å². The van der Waals surface area contributed by atoms with Gasteiger partial charge in [-0.05, 0) is 36.6 Å². The predicted molar refractivity (Wildman–Crippen MR) is 99.9 cm³/mol. The highest BCUT2D eigenvalue weighted by atomic mass is 16.5. The number of aliphatic hydroxyl groups is 1. The lowest BCUT2D eigenvalue weighted by atomic mass is 9.98. The molecule has 0 aliphatic heterocycles. The molecule has 0 spiro atoms. The summed E-state index contributed by atoms with van der Waals surface area (Å²) in [5.74, 6) is 0.487. The van der Waals surface area contributed by atoms with Crippen LogP contribution in [0.3, 0.4) is 0 Å². The summed E-state index contributed by atoms with van der Waals surface area (Å²) in [5, 5.41) is 15.7. The number of hydrogen-bond acceptors (Lipinski definition) is 6. The number of hydrogen-bond donors (Lipinski definition) is 1. The highest BCUT2D eigenvalue weighted by Gasteiger charge is 2.24. The van der Waals surface area contributed by atoms with Crippen LogP contribution in [0.15, 0.2) is 36.5 Å². The third kappa shape index (κ3) is 3.78. The normalized spacial score (nSPS) is 12.4. The van der Waals surface area contributed by atoms with Crippen molar-refractivity contribution in [2.45, 2.75) is 26.4 Å². The van der Waals surface area contributed by atoms with Crippen LogP contribution in [-0.4, -0.2) is 39.9 Å². The van der Waals surface area contributed by atoms with Crippen LogP contribution in [0, 0.1) is 5.92 Å². The van der Waals surface area contributed by atoms with Gasteiger partial charge >= 0.3 is 5.97 Å². The Morgan fingerprint density at radius 3 is 2.67 bits per heavy atom. The second-order valence-corrected chi connectivity index (χ2v) is 6.70. The molecule has 3 aromatic rings. The molecule has 0 aliphatic carbocycles. The average molecular weight is 369 g/mol. The zero-order valence-electron chi connectivity index (χ0n) is 15.8. The topological polar surface area (TPSA) is 86.0 Å². The number of rotatable bonds is 6.